The van der Waals surface area contributed by atoms with Gasteiger partial charge in [-0.3, -0.25) is 15.1 Å². The van der Waals surface area contributed by atoms with Crippen molar-refractivity contribution in [1.82, 2.24) is 10.2 Å². The molecule has 2 heterocycles. The molecule has 120 valence electrons. The minimum Gasteiger partial charge on any atom is -0.300 e. The highest BCUT2D eigenvalue weighted by atomic mass is 32.2. The summed E-state index contributed by atoms with van der Waals surface area (Å²) in [5, 5.41) is 12.2. The fourth-order valence-corrected chi connectivity index (χ4v) is 4.77. The molecule has 1 aromatic heterocycles. The Bertz CT molecular complexity index is 727. The fourth-order valence-electron chi connectivity index (χ4n) is 1.89. The maximum atomic E-state index is 12.2. The molecule has 23 heavy (non-hydrogen) atoms. The number of aromatic nitrogens is 2. The molecule has 1 aromatic carbocycles. The number of nitrogens with one attached hydrogen (secondary N) is 1. The second kappa shape index (κ2) is 7.46. The average Bonchev–Trinajstić information content (AvgIpc) is 3.20. The lowest BCUT2D eigenvalue weighted by molar-refractivity contribution is -0.115. The summed E-state index contributed by atoms with van der Waals surface area (Å²) in [5.74, 6) is 0.935. The summed E-state index contributed by atoms with van der Waals surface area (Å²) >= 11 is 4.58. The normalized spacial score (nSPS) is 15.3. The Balaban J connectivity index is 1.61. The van der Waals surface area contributed by atoms with E-state index in [4.69, 9.17) is 0 Å². The average molecular weight is 365 g/mol. The Morgan fingerprint density at radius 2 is 2.09 bits per heavy atom. The molecule has 3 rings (SSSR count). The molecular formula is C15H16N4OS3. The van der Waals surface area contributed by atoms with Gasteiger partial charge in [0.15, 0.2) is 0 Å². The second-order valence-electron chi connectivity index (χ2n) is 5.02. The van der Waals surface area contributed by atoms with Crippen molar-refractivity contribution in [1.29, 1.82) is 0 Å². The molecule has 1 aliphatic heterocycles. The number of nitrogens with zero attached hydrogens (tertiary/aromatic N) is 3. The Kier molecular flexibility index (Phi) is 5.34. The smallest absolute Gasteiger partial charge is 0.239 e. The van der Waals surface area contributed by atoms with E-state index in [9.17, 15) is 4.79 Å². The van der Waals surface area contributed by atoms with Gasteiger partial charge in [0.05, 0.1) is 11.8 Å². The SMILES string of the molecule is Cc1ccc(-c2nnc(NC(=O)C(C)SC3=NCCS3)s2)cc1. The molecule has 0 aliphatic carbocycles. The molecule has 0 radical (unpaired) electrons. The van der Waals surface area contributed by atoms with Gasteiger partial charge in [0.1, 0.15) is 9.38 Å². The van der Waals surface area contributed by atoms with Gasteiger partial charge in [-0.05, 0) is 13.8 Å². The van der Waals surface area contributed by atoms with Crippen LogP contribution in [-0.4, -0.2) is 38.0 Å². The molecule has 5 nitrogen and oxygen atoms in total. The molecule has 2 aromatic rings. The second-order valence-corrected chi connectivity index (χ2v) is 8.67. The zero-order valence-corrected chi connectivity index (χ0v) is 15.2. The lowest BCUT2D eigenvalue weighted by atomic mass is 10.2. The predicted molar refractivity (Wildman–Crippen MR) is 101 cm³/mol. The van der Waals surface area contributed by atoms with E-state index in [1.165, 1.54) is 28.7 Å². The van der Waals surface area contributed by atoms with Crippen molar-refractivity contribution >= 4 is 50.3 Å². The van der Waals surface area contributed by atoms with Gasteiger partial charge >= 0.3 is 0 Å². The number of carbonyl (C=O) groups excluding carboxylic acids is 1. The van der Waals surface area contributed by atoms with Crippen LogP contribution in [0.5, 0.6) is 0 Å². The molecule has 8 heteroatoms. The van der Waals surface area contributed by atoms with Crippen molar-refractivity contribution < 1.29 is 4.79 Å². The zero-order chi connectivity index (χ0) is 16.2. The number of aliphatic imine (C=N–C) groups is 1. The molecule has 1 N–H and O–H groups in total. The Morgan fingerprint density at radius 1 is 1.30 bits per heavy atom. The monoisotopic (exact) mass is 364 g/mol. The molecule has 1 atom stereocenters. The van der Waals surface area contributed by atoms with Gasteiger partial charge < -0.3 is 0 Å². The van der Waals surface area contributed by atoms with Crippen molar-refractivity contribution in [2.75, 3.05) is 17.6 Å². The lowest BCUT2D eigenvalue weighted by Gasteiger charge is -2.09. The van der Waals surface area contributed by atoms with Crippen LogP contribution in [0.25, 0.3) is 10.6 Å². The van der Waals surface area contributed by atoms with Gasteiger partial charge in [-0.1, -0.05) is 64.7 Å². The van der Waals surface area contributed by atoms with Crippen LogP contribution in [0, 0.1) is 6.92 Å². The van der Waals surface area contributed by atoms with Crippen molar-refractivity contribution in [3.05, 3.63) is 29.8 Å². The first-order valence-electron chi connectivity index (χ1n) is 7.17. The van der Waals surface area contributed by atoms with E-state index < -0.39 is 0 Å². The summed E-state index contributed by atoms with van der Waals surface area (Å²) < 4.78 is 0.991. The maximum absolute atomic E-state index is 12.2. The first-order valence-corrected chi connectivity index (χ1v) is 9.85. The van der Waals surface area contributed by atoms with Gasteiger partial charge in [-0.25, -0.2) is 0 Å². The number of rotatable bonds is 4. The Morgan fingerprint density at radius 3 is 2.78 bits per heavy atom. The Hall–Kier alpha value is -1.38. The fraction of sp³-hybridized carbons (Fsp3) is 0.333. The third-order valence-electron chi connectivity index (χ3n) is 3.16. The van der Waals surface area contributed by atoms with Gasteiger partial charge in [0.2, 0.25) is 11.0 Å². The molecule has 0 spiro atoms. The van der Waals surface area contributed by atoms with Gasteiger partial charge in [0.25, 0.3) is 0 Å². The number of hydrogen-bond acceptors (Lipinski definition) is 7. The summed E-state index contributed by atoms with van der Waals surface area (Å²) in [7, 11) is 0. The van der Waals surface area contributed by atoms with Crippen molar-refractivity contribution in [2.45, 2.75) is 19.1 Å². The number of anilines is 1. The van der Waals surface area contributed by atoms with E-state index in [2.05, 4.69) is 20.5 Å². The van der Waals surface area contributed by atoms with Crippen LogP contribution in [0.4, 0.5) is 5.13 Å². The van der Waals surface area contributed by atoms with Gasteiger partial charge in [0, 0.05) is 11.3 Å². The number of hydrogen-bond donors (Lipinski definition) is 1. The van der Waals surface area contributed by atoms with E-state index >= 15 is 0 Å². The van der Waals surface area contributed by atoms with Gasteiger partial charge in [-0.2, -0.15) is 0 Å². The van der Waals surface area contributed by atoms with E-state index in [1.54, 1.807) is 11.8 Å². The van der Waals surface area contributed by atoms with Crippen molar-refractivity contribution in [3.63, 3.8) is 0 Å². The molecule has 1 unspecified atom stereocenters. The van der Waals surface area contributed by atoms with E-state index in [0.29, 0.717) is 5.13 Å². The van der Waals surface area contributed by atoms with Crippen molar-refractivity contribution in [2.24, 2.45) is 4.99 Å². The molecule has 1 aliphatic rings. The summed E-state index contributed by atoms with van der Waals surface area (Å²) in [6, 6.07) is 8.09. The van der Waals surface area contributed by atoms with E-state index in [-0.39, 0.29) is 11.2 Å². The number of carbonyl (C=O) groups is 1. The van der Waals surface area contributed by atoms with Crippen LogP contribution in [0.2, 0.25) is 0 Å². The van der Waals surface area contributed by atoms with Crippen LogP contribution in [-0.2, 0) is 4.79 Å². The molecule has 0 fully saturated rings. The topological polar surface area (TPSA) is 67.2 Å². The van der Waals surface area contributed by atoms with E-state index in [0.717, 1.165) is 27.2 Å². The zero-order valence-electron chi connectivity index (χ0n) is 12.8. The number of amides is 1. The maximum Gasteiger partial charge on any atom is 0.239 e. The molecule has 1 amide bonds. The number of thioether (sulfide) groups is 2. The van der Waals surface area contributed by atoms with E-state index in [1.807, 2.05) is 38.1 Å². The highest BCUT2D eigenvalue weighted by molar-refractivity contribution is 8.39. The highest BCUT2D eigenvalue weighted by Crippen LogP contribution is 2.29. The number of aryl methyl sites for hydroxylation is 1. The third-order valence-corrected chi connectivity index (χ3v) is 6.35. The summed E-state index contributed by atoms with van der Waals surface area (Å²) in [4.78, 5) is 16.6. The van der Waals surface area contributed by atoms with Gasteiger partial charge in [-0.15, -0.1) is 10.2 Å². The molecule has 0 saturated heterocycles. The first-order chi connectivity index (χ1) is 11.1. The van der Waals surface area contributed by atoms with Crippen molar-refractivity contribution in [3.8, 4) is 10.6 Å². The van der Waals surface area contributed by atoms with Crippen LogP contribution in [0.1, 0.15) is 12.5 Å². The highest BCUT2D eigenvalue weighted by Gasteiger charge is 2.20. The predicted octanol–water partition coefficient (Wildman–Crippen LogP) is 3.68. The largest absolute Gasteiger partial charge is 0.300 e. The van der Waals surface area contributed by atoms with Crippen LogP contribution in [0.15, 0.2) is 29.3 Å². The minimum absolute atomic E-state index is 0.0724. The molecule has 0 saturated carbocycles. The summed E-state index contributed by atoms with van der Waals surface area (Å²) in [6.45, 7) is 4.77. The standard InChI is InChI=1S/C15H16N4OS3/c1-9-3-5-11(6-4-9)13-18-19-14(23-13)17-12(20)10(2)22-15-16-7-8-21-15/h3-6,10H,7-8H2,1-2H3,(H,17,19,20). The quantitative estimate of drug-likeness (QED) is 0.896. The molecule has 0 bridgehead atoms. The number of benzene rings is 1. The lowest BCUT2D eigenvalue weighted by Crippen LogP contribution is -2.23. The van der Waals surface area contributed by atoms with Crippen LogP contribution < -0.4 is 5.32 Å². The third kappa shape index (κ3) is 4.33. The van der Waals surface area contributed by atoms with Crippen LogP contribution in [0.3, 0.4) is 0 Å². The first kappa shape index (κ1) is 16.5. The molecular weight excluding hydrogens is 348 g/mol. The summed E-state index contributed by atoms with van der Waals surface area (Å²) in [5.41, 5.74) is 2.21. The summed E-state index contributed by atoms with van der Waals surface area (Å²) in [6.07, 6.45) is 0. The Labute approximate surface area is 147 Å². The minimum atomic E-state index is -0.203. The van der Waals surface area contributed by atoms with Crippen LogP contribution >= 0.6 is 34.9 Å².